The molecule has 0 radical (unpaired) electrons. The number of ether oxygens (including phenoxy) is 1. The van der Waals surface area contributed by atoms with E-state index in [0.717, 1.165) is 12.5 Å². The number of halogens is 3. The van der Waals surface area contributed by atoms with Crippen molar-refractivity contribution >= 4 is 11.5 Å². The molecule has 4 nitrogen and oxygen atoms in total. The largest absolute Gasteiger partial charge is 0.417 e. The van der Waals surface area contributed by atoms with Crippen molar-refractivity contribution in [3.63, 3.8) is 0 Å². The van der Waals surface area contributed by atoms with E-state index in [9.17, 15) is 13.2 Å². The van der Waals surface area contributed by atoms with Crippen LogP contribution in [-0.4, -0.2) is 31.6 Å². The first-order chi connectivity index (χ1) is 9.82. The van der Waals surface area contributed by atoms with Crippen LogP contribution >= 0.6 is 0 Å². The number of anilines is 1. The summed E-state index contributed by atoms with van der Waals surface area (Å²) >= 11 is 0. The summed E-state index contributed by atoms with van der Waals surface area (Å²) in [6.45, 7) is 3.77. The molecular weight excluding hydrogens is 283 g/mol. The van der Waals surface area contributed by atoms with E-state index in [0.29, 0.717) is 25.4 Å². The summed E-state index contributed by atoms with van der Waals surface area (Å²) in [5.74, 6) is -0.579. The Balaban J connectivity index is 2.34. The van der Waals surface area contributed by atoms with Crippen LogP contribution in [0.1, 0.15) is 24.5 Å². The number of benzene rings is 1. The van der Waals surface area contributed by atoms with E-state index >= 15 is 0 Å². The zero-order valence-electron chi connectivity index (χ0n) is 11.7. The molecule has 1 fully saturated rings. The minimum Gasteiger partial charge on any atom is -0.384 e. The molecule has 0 saturated carbocycles. The van der Waals surface area contributed by atoms with Gasteiger partial charge in [-0.3, -0.25) is 5.41 Å². The number of amidine groups is 1. The van der Waals surface area contributed by atoms with Gasteiger partial charge in [0.05, 0.1) is 18.3 Å². The topological polar surface area (TPSA) is 62.3 Å². The number of hydrogen-bond acceptors (Lipinski definition) is 3. The summed E-state index contributed by atoms with van der Waals surface area (Å²) < 4.78 is 44.3. The van der Waals surface area contributed by atoms with Gasteiger partial charge in [0.2, 0.25) is 0 Å². The second-order valence-electron chi connectivity index (χ2n) is 4.99. The Labute approximate surface area is 121 Å². The van der Waals surface area contributed by atoms with E-state index in [1.54, 1.807) is 0 Å². The van der Waals surface area contributed by atoms with Crippen molar-refractivity contribution in [1.29, 1.82) is 5.41 Å². The summed E-state index contributed by atoms with van der Waals surface area (Å²) in [6.07, 6.45) is -3.60. The maximum atomic E-state index is 12.9. The number of rotatable bonds is 3. The Bertz CT molecular complexity index is 531. The Hall–Kier alpha value is -1.76. The Kier molecular flexibility index (Phi) is 4.41. The predicted molar refractivity (Wildman–Crippen MR) is 74.7 cm³/mol. The molecule has 0 aromatic heterocycles. The zero-order chi connectivity index (χ0) is 15.6. The van der Waals surface area contributed by atoms with Gasteiger partial charge in [0, 0.05) is 24.3 Å². The first-order valence-corrected chi connectivity index (χ1v) is 6.75. The third-order valence-electron chi connectivity index (χ3n) is 3.56. The molecule has 1 aromatic rings. The summed E-state index contributed by atoms with van der Waals surface area (Å²) in [6, 6.07) is 3.75. The van der Waals surface area contributed by atoms with Crippen molar-refractivity contribution in [3.05, 3.63) is 29.3 Å². The van der Waals surface area contributed by atoms with Crippen LogP contribution in [-0.2, 0) is 10.9 Å². The fourth-order valence-corrected chi connectivity index (χ4v) is 2.40. The van der Waals surface area contributed by atoms with Crippen LogP contribution in [0.4, 0.5) is 18.9 Å². The number of morpholine rings is 1. The SMILES string of the molecule is CCC1CN(c2ccc(C(F)(F)F)c(C(=N)N)c2)CCO1. The highest BCUT2D eigenvalue weighted by atomic mass is 19.4. The molecule has 0 spiro atoms. The van der Waals surface area contributed by atoms with Crippen LogP contribution in [0.2, 0.25) is 0 Å². The van der Waals surface area contributed by atoms with E-state index in [1.165, 1.54) is 12.1 Å². The molecule has 1 aromatic carbocycles. The first-order valence-electron chi connectivity index (χ1n) is 6.75. The lowest BCUT2D eigenvalue weighted by atomic mass is 10.0. The molecule has 0 aliphatic carbocycles. The number of nitrogen functional groups attached to an aromatic ring is 1. The molecule has 0 bridgehead atoms. The average molecular weight is 301 g/mol. The smallest absolute Gasteiger partial charge is 0.384 e. The quantitative estimate of drug-likeness (QED) is 0.666. The van der Waals surface area contributed by atoms with Crippen LogP contribution in [0, 0.1) is 5.41 Å². The summed E-state index contributed by atoms with van der Waals surface area (Å²) in [7, 11) is 0. The molecule has 0 amide bonds. The molecule has 1 heterocycles. The normalized spacial score (nSPS) is 19.6. The maximum absolute atomic E-state index is 12.9. The summed E-state index contributed by atoms with van der Waals surface area (Å²) in [5.41, 5.74) is 4.78. The van der Waals surface area contributed by atoms with Crippen molar-refractivity contribution in [2.45, 2.75) is 25.6 Å². The monoisotopic (exact) mass is 301 g/mol. The van der Waals surface area contributed by atoms with Gasteiger partial charge in [0.15, 0.2) is 0 Å². The molecule has 7 heteroatoms. The van der Waals surface area contributed by atoms with Gasteiger partial charge < -0.3 is 15.4 Å². The lowest BCUT2D eigenvalue weighted by Gasteiger charge is -2.34. The van der Waals surface area contributed by atoms with Gasteiger partial charge in [-0.1, -0.05) is 6.92 Å². The number of nitrogens with zero attached hydrogens (tertiary/aromatic N) is 1. The molecule has 1 aliphatic heterocycles. The van der Waals surface area contributed by atoms with Gasteiger partial charge in [-0.15, -0.1) is 0 Å². The van der Waals surface area contributed by atoms with Gasteiger partial charge in [0.25, 0.3) is 0 Å². The van der Waals surface area contributed by atoms with Crippen molar-refractivity contribution in [3.8, 4) is 0 Å². The second-order valence-corrected chi connectivity index (χ2v) is 4.99. The van der Waals surface area contributed by atoms with E-state index in [4.69, 9.17) is 15.9 Å². The molecule has 3 N–H and O–H groups in total. The Morgan fingerprint density at radius 2 is 2.19 bits per heavy atom. The van der Waals surface area contributed by atoms with Crippen LogP contribution in [0.5, 0.6) is 0 Å². The third kappa shape index (κ3) is 3.47. The minimum absolute atomic E-state index is 0.0711. The third-order valence-corrected chi connectivity index (χ3v) is 3.56. The van der Waals surface area contributed by atoms with Crippen molar-refractivity contribution in [1.82, 2.24) is 0 Å². The lowest BCUT2D eigenvalue weighted by Crippen LogP contribution is -2.42. The highest BCUT2D eigenvalue weighted by molar-refractivity contribution is 5.97. The number of nitrogens with two attached hydrogens (primary N) is 1. The van der Waals surface area contributed by atoms with Gasteiger partial charge in [-0.2, -0.15) is 13.2 Å². The Morgan fingerprint density at radius 3 is 2.76 bits per heavy atom. The van der Waals surface area contributed by atoms with Crippen molar-refractivity contribution in [2.24, 2.45) is 5.73 Å². The van der Waals surface area contributed by atoms with E-state index in [1.807, 2.05) is 11.8 Å². The average Bonchev–Trinajstić information content (AvgIpc) is 2.45. The fraction of sp³-hybridized carbons (Fsp3) is 0.500. The minimum atomic E-state index is -4.52. The molecule has 1 unspecified atom stereocenters. The van der Waals surface area contributed by atoms with E-state index < -0.39 is 17.6 Å². The van der Waals surface area contributed by atoms with E-state index in [2.05, 4.69) is 0 Å². The number of hydrogen-bond donors (Lipinski definition) is 2. The molecule has 21 heavy (non-hydrogen) atoms. The molecule has 1 atom stereocenters. The number of nitrogens with one attached hydrogen (secondary N) is 1. The molecule has 116 valence electrons. The standard InChI is InChI=1S/C14H18F3N3O/c1-2-10-8-20(5-6-21-10)9-3-4-12(14(15,16)17)11(7-9)13(18)19/h3-4,7,10H,2,5-6,8H2,1H3,(H3,18,19). The van der Waals surface area contributed by atoms with E-state index in [-0.39, 0.29) is 11.7 Å². The first kappa shape index (κ1) is 15.6. The molecule has 1 aliphatic rings. The van der Waals surface area contributed by atoms with Crippen LogP contribution in [0.25, 0.3) is 0 Å². The van der Waals surface area contributed by atoms with Crippen LogP contribution in [0.3, 0.4) is 0 Å². The molecule has 2 rings (SSSR count). The molecule has 1 saturated heterocycles. The van der Waals surface area contributed by atoms with Crippen LogP contribution in [0.15, 0.2) is 18.2 Å². The second kappa shape index (κ2) is 5.93. The maximum Gasteiger partial charge on any atom is 0.417 e. The zero-order valence-corrected chi connectivity index (χ0v) is 11.7. The molecular formula is C14H18F3N3O. The lowest BCUT2D eigenvalue weighted by molar-refractivity contribution is -0.137. The van der Waals surface area contributed by atoms with Crippen LogP contribution < -0.4 is 10.6 Å². The van der Waals surface area contributed by atoms with Gasteiger partial charge in [0.1, 0.15) is 5.84 Å². The van der Waals surface area contributed by atoms with Crippen molar-refractivity contribution in [2.75, 3.05) is 24.6 Å². The predicted octanol–water partition coefficient (Wildman–Crippen LogP) is 2.60. The Morgan fingerprint density at radius 1 is 1.48 bits per heavy atom. The van der Waals surface area contributed by atoms with Gasteiger partial charge in [-0.25, -0.2) is 0 Å². The summed E-state index contributed by atoms with van der Waals surface area (Å²) in [5, 5.41) is 7.38. The highest BCUT2D eigenvalue weighted by Crippen LogP contribution is 2.34. The van der Waals surface area contributed by atoms with Crippen molar-refractivity contribution < 1.29 is 17.9 Å². The highest BCUT2D eigenvalue weighted by Gasteiger charge is 2.34. The fourth-order valence-electron chi connectivity index (χ4n) is 2.40. The number of alkyl halides is 3. The van der Waals surface area contributed by atoms with Gasteiger partial charge in [-0.05, 0) is 24.6 Å². The summed E-state index contributed by atoms with van der Waals surface area (Å²) in [4.78, 5) is 1.96. The van der Waals surface area contributed by atoms with Gasteiger partial charge >= 0.3 is 6.18 Å².